The maximum Gasteiger partial charge on any atom is 0.416 e. The zero-order valence-electron chi connectivity index (χ0n) is 21.0. The van der Waals surface area contributed by atoms with E-state index in [0.29, 0.717) is 16.8 Å². The number of nitrogens with one attached hydrogen (secondary N) is 1. The van der Waals surface area contributed by atoms with Crippen molar-refractivity contribution in [1.29, 1.82) is 0 Å². The number of phenolic OH excluding ortho intramolecular Hbond substituents is 1. The van der Waals surface area contributed by atoms with Gasteiger partial charge in [0.05, 0.1) is 22.5 Å². The Balaban J connectivity index is 1.55. The molecule has 40 heavy (non-hydrogen) atoms. The Morgan fingerprint density at radius 2 is 1.68 bits per heavy atom. The predicted molar refractivity (Wildman–Crippen MR) is 145 cm³/mol. The molecule has 5 rings (SSSR count). The third kappa shape index (κ3) is 4.86. The van der Waals surface area contributed by atoms with Crippen LogP contribution >= 0.6 is 0 Å². The number of halogens is 3. The number of nitrogens with zero attached hydrogens (tertiary/aromatic N) is 2. The van der Waals surface area contributed by atoms with Gasteiger partial charge in [-0.15, -0.1) is 0 Å². The number of aromatic hydroxyl groups is 1. The number of benzene rings is 4. The Bertz CT molecular complexity index is 1660. The van der Waals surface area contributed by atoms with Gasteiger partial charge in [-0.05, 0) is 66.1 Å². The summed E-state index contributed by atoms with van der Waals surface area (Å²) in [5.74, 6) is -2.02. The molecule has 0 fully saturated rings. The molecule has 1 aliphatic rings. The van der Waals surface area contributed by atoms with Crippen LogP contribution in [0.3, 0.4) is 0 Å². The first-order chi connectivity index (χ1) is 19.1. The molecule has 10 heteroatoms. The molecule has 4 aromatic rings. The molecule has 0 aliphatic carbocycles. The molecule has 0 unspecified atom stereocenters. The Hall–Kier alpha value is -5.12. The van der Waals surface area contributed by atoms with Crippen LogP contribution in [-0.2, 0) is 17.4 Å². The van der Waals surface area contributed by atoms with E-state index in [4.69, 9.17) is 0 Å². The van der Waals surface area contributed by atoms with Gasteiger partial charge in [0.25, 0.3) is 5.91 Å². The fourth-order valence-electron chi connectivity index (χ4n) is 4.47. The fourth-order valence-corrected chi connectivity index (χ4v) is 4.47. The lowest BCUT2D eigenvalue weighted by atomic mass is 10.0. The van der Waals surface area contributed by atoms with Gasteiger partial charge in [0.2, 0.25) is 0 Å². The number of para-hydroxylation sites is 1. The summed E-state index contributed by atoms with van der Waals surface area (Å²) in [5.41, 5.74) is 4.13. The highest BCUT2D eigenvalue weighted by Gasteiger charge is 2.39. The summed E-state index contributed by atoms with van der Waals surface area (Å²) in [4.78, 5) is 26.1. The van der Waals surface area contributed by atoms with Crippen LogP contribution in [0.2, 0.25) is 0 Å². The molecule has 1 heterocycles. The van der Waals surface area contributed by atoms with Crippen molar-refractivity contribution in [1.82, 2.24) is 0 Å². The van der Waals surface area contributed by atoms with Crippen LogP contribution in [0.25, 0.3) is 11.1 Å². The smallest absolute Gasteiger partial charge is 0.416 e. The van der Waals surface area contributed by atoms with Crippen LogP contribution in [0.5, 0.6) is 5.75 Å². The highest BCUT2D eigenvalue weighted by atomic mass is 19.4. The number of hydrazone groups is 1. The van der Waals surface area contributed by atoms with Crippen molar-refractivity contribution >= 4 is 34.7 Å². The van der Waals surface area contributed by atoms with Gasteiger partial charge in [-0.2, -0.15) is 18.3 Å². The quantitative estimate of drug-likeness (QED) is 0.182. The summed E-state index contributed by atoms with van der Waals surface area (Å²) in [6.45, 7) is 1.96. The zero-order chi connectivity index (χ0) is 28.6. The number of phenols is 1. The van der Waals surface area contributed by atoms with Crippen molar-refractivity contribution in [3.05, 3.63) is 107 Å². The van der Waals surface area contributed by atoms with E-state index < -0.39 is 23.6 Å². The average molecular weight is 546 g/mol. The molecule has 0 atom stereocenters. The van der Waals surface area contributed by atoms with Gasteiger partial charge in [0.1, 0.15) is 5.75 Å². The summed E-state index contributed by atoms with van der Waals surface area (Å²) in [6.07, 6.45) is -3.86. The third-order valence-electron chi connectivity index (χ3n) is 6.57. The summed E-state index contributed by atoms with van der Waals surface area (Å²) in [5, 5.41) is 24.4. The van der Waals surface area contributed by atoms with E-state index in [2.05, 4.69) is 10.5 Å². The molecule has 0 radical (unpaired) electrons. The Labute approximate surface area is 226 Å². The number of carboxylic acids is 1. The number of rotatable bonds is 6. The monoisotopic (exact) mass is 545 g/mol. The van der Waals surface area contributed by atoms with Gasteiger partial charge in [-0.1, -0.05) is 43.3 Å². The molecule has 3 N–H and O–H groups in total. The number of aromatic carboxylic acids is 1. The average Bonchev–Trinajstić information content (AvgIpc) is 3.22. The normalized spacial score (nSPS) is 13.9. The van der Waals surface area contributed by atoms with Gasteiger partial charge >= 0.3 is 12.1 Å². The van der Waals surface area contributed by atoms with E-state index in [1.54, 1.807) is 48.5 Å². The van der Waals surface area contributed by atoms with Gasteiger partial charge in [0.15, 0.2) is 5.71 Å². The van der Waals surface area contributed by atoms with Gasteiger partial charge < -0.3 is 10.2 Å². The highest BCUT2D eigenvalue weighted by Crippen LogP contribution is 2.41. The van der Waals surface area contributed by atoms with E-state index in [0.717, 1.165) is 24.1 Å². The van der Waals surface area contributed by atoms with Gasteiger partial charge in [0, 0.05) is 16.8 Å². The maximum absolute atomic E-state index is 13.5. The van der Waals surface area contributed by atoms with Crippen LogP contribution in [0.15, 0.2) is 90.0 Å². The second-order valence-electron chi connectivity index (χ2n) is 9.05. The lowest BCUT2D eigenvalue weighted by Crippen LogP contribution is -2.26. The number of amides is 1. The number of carbonyl (C=O) groups is 2. The number of carbonyl (C=O) groups excluding carboxylic acids is 1. The predicted octanol–water partition coefficient (Wildman–Crippen LogP) is 6.83. The number of aryl methyl sites for hydroxylation is 1. The lowest BCUT2D eigenvalue weighted by Gasteiger charge is -2.18. The van der Waals surface area contributed by atoms with Crippen LogP contribution < -0.4 is 10.3 Å². The minimum atomic E-state index is -4.61. The first-order valence-electron chi connectivity index (χ1n) is 12.2. The number of hydrogen-bond donors (Lipinski definition) is 3. The molecule has 1 amide bonds. The minimum absolute atomic E-state index is 0.0353. The van der Waals surface area contributed by atoms with E-state index in [1.807, 2.05) is 6.92 Å². The first kappa shape index (κ1) is 26.5. The largest absolute Gasteiger partial charge is 0.505 e. The minimum Gasteiger partial charge on any atom is -0.505 e. The Morgan fingerprint density at radius 1 is 0.950 bits per heavy atom. The fraction of sp³-hybridized carbons (Fsp3) is 0.100. The summed E-state index contributed by atoms with van der Waals surface area (Å²) >= 11 is 0. The van der Waals surface area contributed by atoms with Crippen molar-refractivity contribution < 1.29 is 33.0 Å². The highest BCUT2D eigenvalue weighted by molar-refractivity contribution is 6.55. The number of anilines is 3. The zero-order valence-corrected chi connectivity index (χ0v) is 21.0. The standard InChI is InChI=1S/C30H22F3N3O4/c1-2-17-9-12-21(13-10-17)36-25-16-20(30(31,32)33)11-14-23(25)26(28(36)38)35-34-24-8-4-7-22(27(24)37)18-5-3-6-19(15-18)29(39)40/h3-16,34,37H,2H2,1H3,(H,39,40). The molecular weight excluding hydrogens is 523 g/mol. The van der Waals surface area contributed by atoms with Crippen molar-refractivity contribution in [2.45, 2.75) is 19.5 Å². The maximum atomic E-state index is 13.5. The third-order valence-corrected chi connectivity index (χ3v) is 6.57. The second kappa shape index (κ2) is 10.2. The summed E-state index contributed by atoms with van der Waals surface area (Å²) in [7, 11) is 0. The first-order valence-corrected chi connectivity index (χ1v) is 12.2. The molecule has 0 aromatic heterocycles. The number of fused-ring (bicyclic) bond motifs is 1. The van der Waals surface area contributed by atoms with Crippen molar-refractivity contribution in [2.75, 3.05) is 10.3 Å². The van der Waals surface area contributed by atoms with Gasteiger partial charge in [-0.3, -0.25) is 15.1 Å². The number of hydrogen-bond acceptors (Lipinski definition) is 5. The number of alkyl halides is 3. The Kier molecular flexibility index (Phi) is 6.76. The Morgan fingerprint density at radius 3 is 2.35 bits per heavy atom. The van der Waals surface area contributed by atoms with E-state index >= 15 is 0 Å². The van der Waals surface area contributed by atoms with Crippen LogP contribution in [-0.4, -0.2) is 27.8 Å². The number of carboxylic acid groups (broad SMARTS) is 1. The molecular formula is C30H22F3N3O4. The van der Waals surface area contributed by atoms with Crippen molar-refractivity contribution in [2.24, 2.45) is 5.10 Å². The SMILES string of the molecule is CCc1ccc(N2C(=O)C(=NNc3cccc(-c4cccc(C(=O)O)c4)c3O)c3ccc(C(F)(F)F)cc32)cc1. The summed E-state index contributed by atoms with van der Waals surface area (Å²) < 4.78 is 40.6. The van der Waals surface area contributed by atoms with Crippen molar-refractivity contribution in [3.8, 4) is 16.9 Å². The molecule has 0 spiro atoms. The van der Waals surface area contributed by atoms with E-state index in [1.165, 1.54) is 29.2 Å². The van der Waals surface area contributed by atoms with E-state index in [-0.39, 0.29) is 34.0 Å². The molecule has 4 aromatic carbocycles. The molecule has 7 nitrogen and oxygen atoms in total. The lowest BCUT2D eigenvalue weighted by molar-refractivity contribution is -0.137. The topological polar surface area (TPSA) is 102 Å². The van der Waals surface area contributed by atoms with E-state index in [9.17, 15) is 33.0 Å². The molecule has 0 bridgehead atoms. The second-order valence-corrected chi connectivity index (χ2v) is 9.05. The molecule has 1 aliphatic heterocycles. The van der Waals surface area contributed by atoms with Gasteiger partial charge in [-0.25, -0.2) is 4.79 Å². The summed E-state index contributed by atoms with van der Waals surface area (Å²) in [6, 6.07) is 20.6. The molecule has 0 saturated carbocycles. The molecule has 202 valence electrons. The molecule has 0 saturated heterocycles. The van der Waals surface area contributed by atoms with Crippen LogP contribution in [0, 0.1) is 0 Å². The van der Waals surface area contributed by atoms with Crippen LogP contribution in [0.1, 0.15) is 34.0 Å². The van der Waals surface area contributed by atoms with Crippen molar-refractivity contribution in [3.63, 3.8) is 0 Å². The van der Waals surface area contributed by atoms with Crippen LogP contribution in [0.4, 0.5) is 30.2 Å².